The highest BCUT2D eigenvalue weighted by atomic mass is 15.1. The fourth-order valence-electron chi connectivity index (χ4n) is 4.20. The SMILES string of the molecule is [2H]c1cc(C)cc(-n2c3ccccc3c3c(C)cc(C(C)C)c(C)c32)[n+]1C. The molecule has 0 radical (unpaired) electrons. The van der Waals surface area contributed by atoms with Crippen LogP contribution in [0, 0.1) is 20.8 Å². The fourth-order valence-corrected chi connectivity index (χ4v) is 4.20. The first-order valence-electron chi connectivity index (χ1n) is 9.82. The molecule has 0 aliphatic carbocycles. The third kappa shape index (κ3) is 2.36. The monoisotopic (exact) mass is 344 g/mol. The number of rotatable bonds is 2. The molecule has 0 atom stereocenters. The third-order valence-electron chi connectivity index (χ3n) is 5.47. The highest BCUT2D eigenvalue weighted by Gasteiger charge is 2.25. The molecule has 2 aromatic carbocycles. The topological polar surface area (TPSA) is 8.81 Å². The second-order valence-electron chi connectivity index (χ2n) is 7.72. The van der Waals surface area contributed by atoms with Crippen molar-refractivity contribution in [2.24, 2.45) is 7.05 Å². The van der Waals surface area contributed by atoms with Crippen LogP contribution in [0.1, 0.15) is 43.4 Å². The second-order valence-corrected chi connectivity index (χ2v) is 7.72. The van der Waals surface area contributed by atoms with Gasteiger partial charge >= 0.3 is 0 Å². The Morgan fingerprint density at radius 3 is 2.50 bits per heavy atom. The van der Waals surface area contributed by atoms with E-state index in [4.69, 9.17) is 1.37 Å². The minimum Gasteiger partial charge on any atom is -0.237 e. The van der Waals surface area contributed by atoms with Gasteiger partial charge in [0.25, 0.3) is 5.82 Å². The zero-order valence-electron chi connectivity index (χ0n) is 17.5. The Kier molecular flexibility index (Phi) is 3.59. The molecule has 0 unspecified atom stereocenters. The molecule has 2 aromatic heterocycles. The Morgan fingerprint density at radius 1 is 1.04 bits per heavy atom. The largest absolute Gasteiger partial charge is 0.286 e. The van der Waals surface area contributed by atoms with Crippen LogP contribution in [0.2, 0.25) is 0 Å². The lowest BCUT2D eigenvalue weighted by Crippen LogP contribution is -2.33. The Labute approximate surface area is 157 Å². The van der Waals surface area contributed by atoms with Gasteiger partial charge in [-0.05, 0) is 61.6 Å². The van der Waals surface area contributed by atoms with Gasteiger partial charge in [-0.25, -0.2) is 4.57 Å². The highest BCUT2D eigenvalue weighted by Crippen LogP contribution is 2.38. The smallest absolute Gasteiger partial charge is 0.237 e. The van der Waals surface area contributed by atoms with E-state index >= 15 is 0 Å². The van der Waals surface area contributed by atoms with Gasteiger partial charge in [0, 0.05) is 22.4 Å². The van der Waals surface area contributed by atoms with Crippen LogP contribution in [-0.4, -0.2) is 4.57 Å². The Morgan fingerprint density at radius 2 is 1.77 bits per heavy atom. The molecule has 0 bridgehead atoms. The minimum absolute atomic E-state index is 0.470. The van der Waals surface area contributed by atoms with Crippen LogP contribution in [0.4, 0.5) is 0 Å². The molecule has 0 spiro atoms. The Hall–Kier alpha value is -2.61. The number of hydrogen-bond acceptors (Lipinski definition) is 0. The van der Waals surface area contributed by atoms with Gasteiger partial charge in [0.15, 0.2) is 0 Å². The maximum atomic E-state index is 8.38. The molecule has 132 valence electrons. The molecule has 0 N–H and O–H groups in total. The third-order valence-corrected chi connectivity index (χ3v) is 5.47. The van der Waals surface area contributed by atoms with Gasteiger partial charge in [-0.2, -0.15) is 4.57 Å². The van der Waals surface area contributed by atoms with Gasteiger partial charge in [0.05, 0.1) is 13.2 Å². The summed E-state index contributed by atoms with van der Waals surface area (Å²) in [7, 11) is 1.98. The number of benzene rings is 2. The average Bonchev–Trinajstić information content (AvgIpc) is 2.97. The summed E-state index contributed by atoms with van der Waals surface area (Å²) in [5.74, 6) is 1.51. The van der Waals surface area contributed by atoms with Crippen molar-refractivity contribution in [1.82, 2.24) is 4.57 Å². The van der Waals surface area contributed by atoms with Gasteiger partial charge in [0.2, 0.25) is 0 Å². The van der Waals surface area contributed by atoms with E-state index in [-0.39, 0.29) is 0 Å². The molecule has 0 saturated carbocycles. The summed E-state index contributed by atoms with van der Waals surface area (Å²) < 4.78 is 12.7. The zero-order chi connectivity index (χ0) is 19.5. The van der Waals surface area contributed by atoms with Gasteiger partial charge < -0.3 is 0 Å². The van der Waals surface area contributed by atoms with E-state index in [1.807, 2.05) is 17.7 Å². The van der Waals surface area contributed by atoms with E-state index in [9.17, 15) is 0 Å². The van der Waals surface area contributed by atoms with E-state index in [1.54, 1.807) is 0 Å². The number of aromatic nitrogens is 2. The highest BCUT2D eigenvalue weighted by molar-refractivity contribution is 6.12. The van der Waals surface area contributed by atoms with Crippen molar-refractivity contribution in [2.45, 2.75) is 40.5 Å². The number of hydrogen-bond donors (Lipinski definition) is 0. The quantitative estimate of drug-likeness (QED) is 0.415. The molecule has 2 nitrogen and oxygen atoms in total. The Bertz CT molecular complexity index is 1200. The number of nitrogens with zero attached hydrogens (tertiary/aromatic N) is 2. The number of pyridine rings is 1. The molecule has 4 rings (SSSR count). The van der Waals surface area contributed by atoms with Crippen molar-refractivity contribution in [3.05, 3.63) is 70.9 Å². The van der Waals surface area contributed by atoms with Crippen LogP contribution in [0.3, 0.4) is 0 Å². The number of fused-ring (bicyclic) bond motifs is 3. The molecular weight excluding hydrogens is 316 g/mol. The first-order chi connectivity index (χ1) is 12.8. The summed E-state index contributed by atoms with van der Waals surface area (Å²) in [6.45, 7) is 11.0. The molecule has 0 fully saturated rings. The predicted octanol–water partition coefficient (Wildman–Crippen LogP) is 5.66. The van der Waals surface area contributed by atoms with Crippen molar-refractivity contribution >= 4 is 21.8 Å². The molecule has 4 aromatic rings. The number of para-hydroxylation sites is 1. The van der Waals surface area contributed by atoms with Crippen LogP contribution in [0.15, 0.2) is 48.6 Å². The summed E-state index contributed by atoms with van der Waals surface area (Å²) in [6.07, 6.45) is 0.519. The molecule has 26 heavy (non-hydrogen) atoms. The van der Waals surface area contributed by atoms with Gasteiger partial charge in [-0.1, -0.05) is 32.0 Å². The summed E-state index contributed by atoms with van der Waals surface area (Å²) in [6, 6.07) is 15.1. The molecule has 2 heteroatoms. The van der Waals surface area contributed by atoms with E-state index in [0.29, 0.717) is 12.1 Å². The van der Waals surface area contributed by atoms with Crippen LogP contribution in [-0.2, 0) is 7.05 Å². The van der Waals surface area contributed by atoms with Crippen molar-refractivity contribution in [2.75, 3.05) is 0 Å². The predicted molar refractivity (Wildman–Crippen MR) is 110 cm³/mol. The van der Waals surface area contributed by atoms with Crippen LogP contribution in [0.5, 0.6) is 0 Å². The lowest BCUT2D eigenvalue weighted by Gasteiger charge is -2.13. The molecular formula is C24H27N2+. The molecule has 0 aliphatic rings. The molecule has 0 saturated heterocycles. The minimum atomic E-state index is 0.470. The molecule has 0 aliphatic heterocycles. The first-order valence-corrected chi connectivity index (χ1v) is 9.32. The molecule has 2 heterocycles. The van der Waals surface area contributed by atoms with Gasteiger partial charge in [-0.3, -0.25) is 0 Å². The van der Waals surface area contributed by atoms with Crippen molar-refractivity contribution in [1.29, 1.82) is 0 Å². The van der Waals surface area contributed by atoms with Crippen LogP contribution in [0.25, 0.3) is 27.6 Å². The normalized spacial score (nSPS) is 12.3. The van der Waals surface area contributed by atoms with Gasteiger partial charge in [0.1, 0.15) is 12.4 Å². The molecule has 0 amide bonds. The maximum Gasteiger partial charge on any atom is 0.286 e. The van der Waals surface area contributed by atoms with E-state index in [0.717, 1.165) is 11.4 Å². The standard InChI is InChI=1S/C24H27N2/c1-15(2)20-14-17(4)23-19-9-7-8-10-21(19)26(24(23)18(20)5)22-13-16(3)11-12-25(22)6/h7-15H,1-6H3/q+1/i12D. The lowest BCUT2D eigenvalue weighted by atomic mass is 9.92. The van der Waals surface area contributed by atoms with E-state index < -0.39 is 0 Å². The van der Waals surface area contributed by atoms with E-state index in [1.165, 1.54) is 38.5 Å². The fraction of sp³-hybridized carbons (Fsp3) is 0.292. The van der Waals surface area contributed by atoms with Crippen LogP contribution >= 0.6 is 0 Å². The van der Waals surface area contributed by atoms with Crippen molar-refractivity contribution in [3.8, 4) is 5.82 Å². The van der Waals surface area contributed by atoms with E-state index in [2.05, 4.69) is 75.6 Å². The summed E-state index contributed by atoms with van der Waals surface area (Å²) in [4.78, 5) is 0. The first kappa shape index (κ1) is 15.6. The van der Waals surface area contributed by atoms with Gasteiger partial charge in [-0.15, -0.1) is 0 Å². The van der Waals surface area contributed by atoms with Crippen molar-refractivity contribution < 1.29 is 5.94 Å². The zero-order valence-corrected chi connectivity index (χ0v) is 16.5. The number of aryl methyl sites for hydroxylation is 3. The summed E-state index contributed by atoms with van der Waals surface area (Å²) in [5.41, 5.74) is 7.60. The average molecular weight is 345 g/mol. The van der Waals surface area contributed by atoms with Crippen LogP contribution < -0.4 is 4.57 Å². The second kappa shape index (κ2) is 5.98. The van der Waals surface area contributed by atoms with Crippen molar-refractivity contribution in [3.63, 3.8) is 0 Å². The summed E-state index contributed by atoms with van der Waals surface area (Å²) >= 11 is 0. The lowest BCUT2D eigenvalue weighted by molar-refractivity contribution is -0.665. The summed E-state index contributed by atoms with van der Waals surface area (Å²) in [5, 5.41) is 2.59. The Balaban J connectivity index is 2.30. The maximum absolute atomic E-state index is 8.38.